The highest BCUT2D eigenvalue weighted by Crippen LogP contribution is 2.58. The van der Waals surface area contributed by atoms with Crippen molar-refractivity contribution in [3.63, 3.8) is 0 Å². The Morgan fingerprint density at radius 3 is 1.36 bits per heavy atom. The zero-order valence-electron chi connectivity index (χ0n) is 23.7. The lowest BCUT2D eigenvalue weighted by atomic mass is 9.53. The van der Waals surface area contributed by atoms with Gasteiger partial charge in [0.1, 0.15) is 11.5 Å². The summed E-state index contributed by atoms with van der Waals surface area (Å²) in [4.78, 5) is 0. The summed E-state index contributed by atoms with van der Waals surface area (Å²) in [5.41, 5.74) is 5.79. The first-order valence-corrected chi connectivity index (χ1v) is 15.7. The third kappa shape index (κ3) is 7.46. The van der Waals surface area contributed by atoms with E-state index in [2.05, 4.69) is 48.5 Å². The van der Waals surface area contributed by atoms with E-state index in [0.717, 1.165) is 99.8 Å². The summed E-state index contributed by atoms with van der Waals surface area (Å²) in [5, 5.41) is 17.9. The molecule has 4 saturated carbocycles. The molecule has 0 unspecified atom stereocenters. The quantitative estimate of drug-likeness (QED) is 0.217. The maximum atomic E-state index is 8.95. The van der Waals surface area contributed by atoms with Crippen molar-refractivity contribution in [3.8, 4) is 11.5 Å². The molecule has 39 heavy (non-hydrogen) atoms. The Kier molecular flexibility index (Phi) is 10.4. The van der Waals surface area contributed by atoms with Crippen LogP contribution in [0.4, 0.5) is 0 Å². The second-order valence-electron chi connectivity index (χ2n) is 12.2. The van der Waals surface area contributed by atoms with Gasteiger partial charge in [0.25, 0.3) is 0 Å². The van der Waals surface area contributed by atoms with Crippen LogP contribution in [-0.2, 0) is 0 Å². The van der Waals surface area contributed by atoms with Gasteiger partial charge >= 0.3 is 0 Å². The lowest BCUT2D eigenvalue weighted by Crippen LogP contribution is -2.40. The highest BCUT2D eigenvalue weighted by Gasteiger charge is 2.46. The lowest BCUT2D eigenvalue weighted by Gasteiger charge is -2.52. The first-order valence-electron chi connectivity index (χ1n) is 15.7. The fourth-order valence-corrected chi connectivity index (χ4v) is 7.55. The van der Waals surface area contributed by atoms with Gasteiger partial charge in [-0.05, 0) is 135 Å². The molecule has 6 rings (SSSR count). The smallest absolute Gasteiger partial charge is 0.119 e. The molecule has 2 aromatic rings. The Morgan fingerprint density at radius 2 is 0.949 bits per heavy atom. The van der Waals surface area contributed by atoms with Gasteiger partial charge in [0.2, 0.25) is 0 Å². The van der Waals surface area contributed by atoms with Crippen molar-refractivity contribution in [2.24, 2.45) is 23.7 Å². The Bertz CT molecular complexity index is 948. The van der Waals surface area contributed by atoms with E-state index in [-0.39, 0.29) is 13.2 Å². The molecule has 0 spiro atoms. The van der Waals surface area contributed by atoms with Gasteiger partial charge in [-0.25, -0.2) is 0 Å². The number of allylic oxidation sites excluding steroid dienone is 1. The topological polar surface area (TPSA) is 58.9 Å². The summed E-state index contributed by atoms with van der Waals surface area (Å²) in [6, 6.07) is 17.7. The molecule has 0 aliphatic heterocycles. The minimum atomic E-state index is 0.283. The molecule has 4 fully saturated rings. The maximum Gasteiger partial charge on any atom is 0.119 e. The summed E-state index contributed by atoms with van der Waals surface area (Å²) < 4.78 is 12.1. The molecular formula is C35H48O4. The molecule has 4 nitrogen and oxygen atoms in total. The van der Waals surface area contributed by atoms with Crippen LogP contribution in [0, 0.1) is 23.7 Å². The summed E-state index contributed by atoms with van der Waals surface area (Å²) >= 11 is 0. The summed E-state index contributed by atoms with van der Waals surface area (Å²) in [6.45, 7) is 2.03. The number of aliphatic hydroxyl groups excluding tert-OH is 2. The van der Waals surface area contributed by atoms with Gasteiger partial charge in [0, 0.05) is 13.2 Å². The number of hydrogen-bond donors (Lipinski definition) is 2. The number of ether oxygens (including phenoxy) is 2. The molecule has 0 aromatic heterocycles. The number of benzene rings is 2. The molecule has 0 radical (unpaired) electrons. The predicted molar refractivity (Wildman–Crippen MR) is 158 cm³/mol. The molecule has 0 saturated heterocycles. The lowest BCUT2D eigenvalue weighted by molar-refractivity contribution is 0.0705. The first kappa shape index (κ1) is 28.2. The Labute approximate surface area is 235 Å². The molecule has 0 heterocycles. The van der Waals surface area contributed by atoms with Crippen LogP contribution in [-0.4, -0.2) is 36.6 Å². The monoisotopic (exact) mass is 532 g/mol. The molecule has 212 valence electrons. The Hall–Kier alpha value is -2.30. The Balaban J connectivity index is 1.30. The van der Waals surface area contributed by atoms with Crippen LogP contribution in [0.1, 0.15) is 94.6 Å². The van der Waals surface area contributed by atoms with Crippen molar-refractivity contribution in [1.29, 1.82) is 0 Å². The van der Waals surface area contributed by atoms with Gasteiger partial charge < -0.3 is 19.7 Å². The van der Waals surface area contributed by atoms with Crippen LogP contribution < -0.4 is 9.47 Å². The van der Waals surface area contributed by atoms with Crippen molar-refractivity contribution in [3.05, 3.63) is 65.2 Å². The molecule has 0 atom stereocenters. The average molecular weight is 533 g/mol. The normalized spacial score (nSPS) is 23.3. The molecule has 0 amide bonds. The van der Waals surface area contributed by atoms with Crippen LogP contribution in [0.25, 0.3) is 5.57 Å². The summed E-state index contributed by atoms with van der Waals surface area (Å²) in [7, 11) is 0. The number of unbranched alkanes of at least 4 members (excludes halogenated alkanes) is 6. The van der Waals surface area contributed by atoms with Crippen LogP contribution in [0.5, 0.6) is 11.5 Å². The van der Waals surface area contributed by atoms with Crippen molar-refractivity contribution >= 4 is 5.57 Å². The van der Waals surface area contributed by atoms with E-state index < -0.39 is 0 Å². The van der Waals surface area contributed by atoms with E-state index >= 15 is 0 Å². The van der Waals surface area contributed by atoms with E-state index in [9.17, 15) is 0 Å². The molecule has 2 N–H and O–H groups in total. The minimum Gasteiger partial charge on any atom is -0.494 e. The average Bonchev–Trinajstić information content (AvgIpc) is 2.95. The van der Waals surface area contributed by atoms with E-state index in [1.807, 2.05) is 0 Å². The van der Waals surface area contributed by atoms with Gasteiger partial charge in [0.05, 0.1) is 13.2 Å². The third-order valence-corrected chi connectivity index (χ3v) is 9.23. The molecule has 4 aliphatic carbocycles. The van der Waals surface area contributed by atoms with E-state index in [0.29, 0.717) is 0 Å². The van der Waals surface area contributed by atoms with Crippen LogP contribution in [0.15, 0.2) is 54.1 Å². The fourth-order valence-electron chi connectivity index (χ4n) is 7.55. The minimum absolute atomic E-state index is 0.283. The first-order chi connectivity index (χ1) is 19.2. The summed E-state index contributed by atoms with van der Waals surface area (Å²) in [5.74, 6) is 5.25. The second-order valence-corrected chi connectivity index (χ2v) is 12.2. The molecular weight excluding hydrogens is 484 g/mol. The van der Waals surface area contributed by atoms with Gasteiger partial charge in [-0.3, -0.25) is 0 Å². The zero-order valence-corrected chi connectivity index (χ0v) is 23.7. The van der Waals surface area contributed by atoms with Crippen molar-refractivity contribution in [1.82, 2.24) is 0 Å². The van der Waals surface area contributed by atoms with Gasteiger partial charge in [-0.1, -0.05) is 42.7 Å². The number of aliphatic hydroxyl groups is 2. The number of rotatable bonds is 16. The van der Waals surface area contributed by atoms with Crippen molar-refractivity contribution < 1.29 is 19.7 Å². The molecule has 4 aliphatic rings. The predicted octanol–water partition coefficient (Wildman–Crippen LogP) is 7.81. The van der Waals surface area contributed by atoms with E-state index in [4.69, 9.17) is 19.7 Å². The highest BCUT2D eigenvalue weighted by molar-refractivity contribution is 5.83. The van der Waals surface area contributed by atoms with Crippen LogP contribution in [0.3, 0.4) is 0 Å². The van der Waals surface area contributed by atoms with Crippen LogP contribution >= 0.6 is 0 Å². The maximum absolute atomic E-state index is 8.95. The highest BCUT2D eigenvalue weighted by atomic mass is 16.5. The van der Waals surface area contributed by atoms with E-state index in [1.165, 1.54) is 48.8 Å². The fraction of sp³-hybridized carbons (Fsp3) is 0.600. The summed E-state index contributed by atoms with van der Waals surface area (Å²) in [6.07, 6.45) is 15.1. The van der Waals surface area contributed by atoms with Gasteiger partial charge in [-0.15, -0.1) is 0 Å². The van der Waals surface area contributed by atoms with Gasteiger partial charge in [-0.2, -0.15) is 0 Å². The van der Waals surface area contributed by atoms with E-state index in [1.54, 1.807) is 5.57 Å². The van der Waals surface area contributed by atoms with Crippen molar-refractivity contribution in [2.45, 2.75) is 83.5 Å². The molecule has 4 bridgehead atoms. The van der Waals surface area contributed by atoms with Gasteiger partial charge in [0.15, 0.2) is 0 Å². The standard InChI is InChI=1S/C35H48O4/c36-17-5-1-3-7-19-38-32-13-9-28(10-14-32)34(35-30-22-26-21-27(24-30)25-31(35)23-26)29-11-15-33(16-12-29)39-20-8-4-2-6-18-37/h9-16,26-27,30-31,36-37H,1-8,17-25H2/t26-,27+,30?,31?. The SMILES string of the molecule is OCCCCCCOc1ccc(C(=C2C3C[C@H]4CC2C[C@@H](C3)C4)c2ccc(OCCCCCCO)cc2)cc1. The number of hydrogen-bond acceptors (Lipinski definition) is 4. The molecule has 2 aromatic carbocycles. The zero-order chi connectivity index (χ0) is 26.9. The largest absolute Gasteiger partial charge is 0.494 e. The Morgan fingerprint density at radius 1 is 0.538 bits per heavy atom. The van der Waals surface area contributed by atoms with Crippen LogP contribution in [0.2, 0.25) is 0 Å². The van der Waals surface area contributed by atoms with Crippen molar-refractivity contribution in [2.75, 3.05) is 26.4 Å². The molecule has 4 heteroatoms. The second kappa shape index (κ2) is 14.4. The third-order valence-electron chi connectivity index (χ3n) is 9.23.